The van der Waals surface area contributed by atoms with E-state index in [2.05, 4.69) is 52.0 Å². The summed E-state index contributed by atoms with van der Waals surface area (Å²) in [5, 5.41) is 0.701. The van der Waals surface area contributed by atoms with Crippen molar-refractivity contribution >= 4 is 34.4 Å². The number of aromatic nitrogens is 1. The van der Waals surface area contributed by atoms with Crippen molar-refractivity contribution in [1.29, 1.82) is 0 Å². The van der Waals surface area contributed by atoms with Crippen molar-refractivity contribution in [3.8, 4) is 0 Å². The van der Waals surface area contributed by atoms with E-state index in [0.717, 1.165) is 22.8 Å². The molecule has 301 valence electrons. The Morgan fingerprint density at radius 2 is 0.727 bits per heavy atom. The molecule has 1 aromatic heterocycles. The zero-order valence-electron chi connectivity index (χ0n) is 33.7. The molecule has 4 saturated carbocycles. The van der Waals surface area contributed by atoms with E-state index in [1.807, 2.05) is 12.1 Å². The van der Waals surface area contributed by atoms with Gasteiger partial charge in [-0.2, -0.15) is 0 Å². The number of halogens is 4. The number of hydrogen-bond donors (Lipinski definition) is 0. The smallest absolute Gasteiger partial charge is 0.0864 e. The second kappa shape index (κ2) is 22.7. The molecule has 1 heterocycles. The van der Waals surface area contributed by atoms with Crippen LogP contribution in [-0.2, 0) is 18.6 Å². The molecule has 0 atom stereocenters. The molecule has 55 heavy (non-hydrogen) atoms. The van der Waals surface area contributed by atoms with Crippen LogP contribution in [0.3, 0.4) is 0 Å². The molecule has 4 aliphatic rings. The molecule has 0 N–H and O–H groups in total. The van der Waals surface area contributed by atoms with E-state index in [0.29, 0.717) is 28.7 Å². The van der Waals surface area contributed by atoms with Gasteiger partial charge in [0, 0.05) is 23.6 Å². The molecule has 4 fully saturated rings. The Morgan fingerprint density at radius 3 is 0.982 bits per heavy atom. The topological polar surface area (TPSA) is 37.6 Å². The van der Waals surface area contributed by atoms with Crippen LogP contribution in [0.25, 0.3) is 0 Å². The molecule has 7 rings (SSSR count). The van der Waals surface area contributed by atoms with Gasteiger partial charge in [-0.15, -0.1) is 0 Å². The van der Waals surface area contributed by atoms with Crippen LogP contribution >= 0.6 is 11.6 Å². The van der Waals surface area contributed by atoms with E-state index < -0.39 is 0 Å². The zero-order chi connectivity index (χ0) is 35.3. The second-order valence-corrected chi connectivity index (χ2v) is 17.3. The Labute approximate surface area is 368 Å². The summed E-state index contributed by atoms with van der Waals surface area (Å²) in [7, 11) is 0. The van der Waals surface area contributed by atoms with E-state index in [9.17, 15) is 0 Å². The molecule has 0 unspecified atom stereocenters. The van der Waals surface area contributed by atoms with E-state index >= 15 is 0 Å². The van der Waals surface area contributed by atoms with Gasteiger partial charge in [0.2, 0.25) is 0 Å². The van der Waals surface area contributed by atoms with Crippen molar-refractivity contribution in [3.63, 3.8) is 0 Å². The summed E-state index contributed by atoms with van der Waals surface area (Å²) in [5.41, 5.74) is 14.8. The van der Waals surface area contributed by atoms with Crippen LogP contribution in [0.2, 0.25) is 5.02 Å². The van der Waals surface area contributed by atoms with Crippen LogP contribution in [0, 0.1) is 13.8 Å². The summed E-state index contributed by atoms with van der Waals surface area (Å²) >= 11 is 6.95. The third kappa shape index (κ3) is 11.9. The van der Waals surface area contributed by atoms with Crippen molar-refractivity contribution in [2.45, 2.75) is 180 Å². The first-order chi connectivity index (χ1) is 24.8. The quantitative estimate of drug-likeness (QED) is 0.263. The number of nitrogens with zero attached hydrogens (tertiary/aromatic N) is 3. The number of hydrogen-bond acceptors (Lipinski definition) is 3. The molecule has 0 bridgehead atoms. The van der Waals surface area contributed by atoms with E-state index in [1.165, 1.54) is 173 Å². The maximum atomic E-state index is 6.95. The molecule has 0 spiro atoms. The third-order valence-corrected chi connectivity index (χ3v) is 13.1. The molecule has 3 nitrogen and oxygen atoms in total. The summed E-state index contributed by atoms with van der Waals surface area (Å²) in [6.45, 7) is 8.87. The van der Waals surface area contributed by atoms with Crippen LogP contribution in [0.1, 0.15) is 211 Å². The van der Waals surface area contributed by atoms with Gasteiger partial charge in [-0.05, 0) is 137 Å². The van der Waals surface area contributed by atoms with E-state index in [4.69, 9.17) is 26.6 Å². The normalized spacial score (nSPS) is 19.4. The van der Waals surface area contributed by atoms with Gasteiger partial charge >= 0.3 is 0 Å². The Bertz CT molecular complexity index is 1540. The number of pyridine rings is 1. The Kier molecular flexibility index (Phi) is 19.9. The first-order valence-corrected chi connectivity index (χ1v) is 21.3. The summed E-state index contributed by atoms with van der Waals surface area (Å²) < 4.78 is 0. The standard InChI is InChI=1S/C47H62ClN3.3ClH.V/c1-31-25-40(35-17-9-5-10-18-35)46(41(26-31)36-19-11-6-12-20-36)49-33(3)44-29-39(48)30-45(51-44)34(4)50-47-42(37-21-13-7-14-22-37)27-32(2)28-43(47)38-23-15-8-16-24-38;;;;/h25-30,35-38H,5-24H2,1-4H3;3*1H;/p-3. The van der Waals surface area contributed by atoms with Gasteiger partial charge in [0.15, 0.2) is 0 Å². The van der Waals surface area contributed by atoms with Gasteiger partial charge in [0.1, 0.15) is 0 Å². The largest absolute Gasteiger partial charge is 1.00 e. The van der Waals surface area contributed by atoms with Crippen LogP contribution in [0.5, 0.6) is 0 Å². The fourth-order valence-electron chi connectivity index (χ4n) is 10.1. The molecule has 2 aromatic carbocycles. The molecule has 1 radical (unpaired) electrons. The number of aryl methyl sites for hydroxylation is 2. The summed E-state index contributed by atoms with van der Waals surface area (Å²) in [5.74, 6) is 2.37. The maximum absolute atomic E-state index is 6.95. The van der Waals surface area contributed by atoms with Crippen molar-refractivity contribution in [3.05, 3.63) is 86.2 Å². The first kappa shape index (κ1) is 48.0. The molecule has 3 aromatic rings. The van der Waals surface area contributed by atoms with Crippen LogP contribution in [0.4, 0.5) is 11.4 Å². The van der Waals surface area contributed by atoms with E-state index in [1.54, 1.807) is 0 Å². The van der Waals surface area contributed by atoms with Gasteiger partial charge < -0.3 is 37.2 Å². The van der Waals surface area contributed by atoms with Crippen molar-refractivity contribution in [2.75, 3.05) is 0 Å². The van der Waals surface area contributed by atoms with Crippen molar-refractivity contribution in [2.24, 2.45) is 9.98 Å². The van der Waals surface area contributed by atoms with Crippen LogP contribution < -0.4 is 37.2 Å². The molecule has 0 aliphatic heterocycles. The third-order valence-electron chi connectivity index (χ3n) is 12.9. The van der Waals surface area contributed by atoms with Gasteiger partial charge in [-0.3, -0.25) is 9.98 Å². The molecule has 4 aliphatic carbocycles. The van der Waals surface area contributed by atoms with Crippen LogP contribution in [0.15, 0.2) is 46.4 Å². The summed E-state index contributed by atoms with van der Waals surface area (Å²) in [6, 6.07) is 13.8. The first-order valence-electron chi connectivity index (χ1n) is 20.9. The van der Waals surface area contributed by atoms with Crippen LogP contribution in [-0.4, -0.2) is 16.4 Å². The summed E-state index contributed by atoms with van der Waals surface area (Å²) in [4.78, 5) is 16.4. The minimum atomic E-state index is 0. The number of rotatable bonds is 8. The molecule has 0 saturated heterocycles. The fraction of sp³-hybridized carbons (Fsp3) is 0.596. The average Bonchev–Trinajstić information content (AvgIpc) is 3.17. The second-order valence-electron chi connectivity index (χ2n) is 16.9. The Morgan fingerprint density at radius 1 is 0.473 bits per heavy atom. The minimum absolute atomic E-state index is 0. The predicted molar refractivity (Wildman–Crippen MR) is 219 cm³/mol. The minimum Gasteiger partial charge on any atom is -1.00 e. The predicted octanol–water partition coefficient (Wildman–Crippen LogP) is 5.83. The molecular weight excluding hydrogens is 799 g/mol. The number of benzene rings is 2. The van der Waals surface area contributed by atoms with Gasteiger partial charge in [-0.25, -0.2) is 4.98 Å². The SMILES string of the molecule is CC(=Nc1c(C2CCCCC2)cc(C)cc1C1CCCCC1)c1cc(Cl)cc(C(C)=Nc2c(C3CCCCC3)cc(C)cc2C2CCCCC2)n1.[Cl-].[Cl-].[Cl-].[V]. The van der Waals surface area contributed by atoms with Crippen molar-refractivity contribution in [1.82, 2.24) is 4.98 Å². The van der Waals surface area contributed by atoms with Gasteiger partial charge in [0.05, 0.1) is 34.2 Å². The fourth-order valence-corrected chi connectivity index (χ4v) is 10.4. The monoisotopic (exact) mass is 859 g/mol. The molecular formula is C47H62Cl4N3V-3. The summed E-state index contributed by atoms with van der Waals surface area (Å²) in [6.07, 6.45) is 26.2. The van der Waals surface area contributed by atoms with Crippen molar-refractivity contribution < 1.29 is 55.8 Å². The van der Waals surface area contributed by atoms with Gasteiger partial charge in [-0.1, -0.05) is 124 Å². The average molecular weight is 862 g/mol. The molecule has 0 amide bonds. The number of aliphatic imine (C=N–C) groups is 2. The van der Waals surface area contributed by atoms with E-state index in [-0.39, 0.29) is 55.8 Å². The Hall–Kier alpha value is -1.33. The Balaban J connectivity index is 0.00000203. The van der Waals surface area contributed by atoms with Gasteiger partial charge in [0.25, 0.3) is 0 Å². The zero-order valence-corrected chi connectivity index (χ0v) is 38.1. The maximum Gasteiger partial charge on any atom is 0.0864 e. The molecule has 8 heteroatoms.